The van der Waals surface area contributed by atoms with Gasteiger partial charge in [-0.2, -0.15) is 4.31 Å². The highest BCUT2D eigenvalue weighted by Gasteiger charge is 2.37. The Kier molecular flexibility index (Phi) is 6.18. The van der Waals surface area contributed by atoms with Crippen molar-refractivity contribution in [1.29, 1.82) is 0 Å². The number of carbonyl (C=O) groups is 1. The molecule has 0 spiro atoms. The van der Waals surface area contributed by atoms with Crippen molar-refractivity contribution in [1.82, 2.24) is 4.31 Å². The summed E-state index contributed by atoms with van der Waals surface area (Å²) in [7, 11) is -2.22. The normalized spacial score (nSPS) is 18.1. The summed E-state index contributed by atoms with van der Waals surface area (Å²) < 4.78 is 33.5. The van der Waals surface area contributed by atoms with E-state index in [1.165, 1.54) is 11.4 Å². The lowest BCUT2D eigenvalue weighted by atomic mass is 10.0. The van der Waals surface area contributed by atoms with E-state index in [1.54, 1.807) is 48.5 Å². The Bertz CT molecular complexity index is 919. The topological polar surface area (TPSA) is 75.7 Å². The van der Waals surface area contributed by atoms with Gasteiger partial charge in [-0.25, -0.2) is 8.42 Å². The van der Waals surface area contributed by atoms with Gasteiger partial charge in [0.2, 0.25) is 15.9 Å². The van der Waals surface area contributed by atoms with Gasteiger partial charge in [0.15, 0.2) is 0 Å². The highest BCUT2D eigenvalue weighted by atomic mass is 79.9. The van der Waals surface area contributed by atoms with Gasteiger partial charge >= 0.3 is 0 Å². The number of halogens is 1. The molecule has 1 fully saturated rings. The molecule has 2 aromatic carbocycles. The second-order valence-corrected chi connectivity index (χ2v) is 9.08. The SMILES string of the molecule is COc1ccc(Br)cc1NC(=O)C1CCCCN1S(=O)(=O)c1ccccc1. The lowest BCUT2D eigenvalue weighted by molar-refractivity contribution is -0.120. The molecule has 27 heavy (non-hydrogen) atoms. The van der Waals surface area contributed by atoms with E-state index in [0.717, 1.165) is 17.3 Å². The summed E-state index contributed by atoms with van der Waals surface area (Å²) >= 11 is 3.37. The molecule has 0 aliphatic carbocycles. The van der Waals surface area contributed by atoms with Crippen LogP contribution >= 0.6 is 15.9 Å². The Hall–Kier alpha value is -1.90. The fraction of sp³-hybridized carbons (Fsp3) is 0.316. The second-order valence-electron chi connectivity index (χ2n) is 6.27. The average Bonchev–Trinajstić information content (AvgIpc) is 2.69. The van der Waals surface area contributed by atoms with E-state index < -0.39 is 16.1 Å². The number of anilines is 1. The number of benzene rings is 2. The number of methoxy groups -OCH3 is 1. The number of piperidine rings is 1. The number of hydrogen-bond donors (Lipinski definition) is 1. The van der Waals surface area contributed by atoms with Crippen molar-refractivity contribution in [2.24, 2.45) is 0 Å². The predicted octanol–water partition coefficient (Wildman–Crippen LogP) is 3.64. The monoisotopic (exact) mass is 452 g/mol. The zero-order valence-corrected chi connectivity index (χ0v) is 17.3. The molecule has 1 N–H and O–H groups in total. The maximum atomic E-state index is 13.0. The Morgan fingerprint density at radius 2 is 1.93 bits per heavy atom. The van der Waals surface area contributed by atoms with Crippen molar-refractivity contribution in [2.45, 2.75) is 30.2 Å². The summed E-state index contributed by atoms with van der Waals surface area (Å²) in [4.78, 5) is 13.1. The molecule has 1 aliphatic rings. The fourth-order valence-corrected chi connectivity index (χ4v) is 5.22. The van der Waals surface area contributed by atoms with Gasteiger partial charge in [0, 0.05) is 11.0 Å². The van der Waals surface area contributed by atoms with Crippen LogP contribution in [-0.4, -0.2) is 38.3 Å². The van der Waals surface area contributed by atoms with Crippen molar-refractivity contribution < 1.29 is 17.9 Å². The fourth-order valence-electron chi connectivity index (χ4n) is 3.18. The number of amides is 1. The molecule has 0 radical (unpaired) electrons. The minimum absolute atomic E-state index is 0.199. The van der Waals surface area contributed by atoms with E-state index in [-0.39, 0.29) is 10.8 Å². The van der Waals surface area contributed by atoms with Crippen LogP contribution in [0.25, 0.3) is 0 Å². The van der Waals surface area contributed by atoms with E-state index in [1.807, 2.05) is 0 Å². The summed E-state index contributed by atoms with van der Waals surface area (Å²) in [5.41, 5.74) is 0.500. The largest absolute Gasteiger partial charge is 0.495 e. The van der Waals surface area contributed by atoms with E-state index in [4.69, 9.17) is 4.74 Å². The predicted molar refractivity (Wildman–Crippen MR) is 107 cm³/mol. The number of carbonyl (C=O) groups excluding carboxylic acids is 1. The number of ether oxygens (including phenoxy) is 1. The Balaban J connectivity index is 1.88. The van der Waals surface area contributed by atoms with Crippen LogP contribution in [0.3, 0.4) is 0 Å². The molecule has 144 valence electrons. The van der Waals surface area contributed by atoms with Crippen LogP contribution in [0.15, 0.2) is 57.9 Å². The third-order valence-corrected chi connectivity index (χ3v) is 6.94. The van der Waals surface area contributed by atoms with Gasteiger partial charge < -0.3 is 10.1 Å². The lowest BCUT2D eigenvalue weighted by Crippen LogP contribution is -2.49. The lowest BCUT2D eigenvalue weighted by Gasteiger charge is -2.33. The number of hydrogen-bond acceptors (Lipinski definition) is 4. The van der Waals surface area contributed by atoms with E-state index in [2.05, 4.69) is 21.2 Å². The van der Waals surface area contributed by atoms with Gasteiger partial charge in [-0.1, -0.05) is 40.5 Å². The van der Waals surface area contributed by atoms with Crippen molar-refractivity contribution >= 4 is 37.5 Å². The first-order valence-corrected chi connectivity index (χ1v) is 10.9. The number of rotatable bonds is 5. The highest BCUT2D eigenvalue weighted by molar-refractivity contribution is 9.10. The third-order valence-electron chi connectivity index (χ3n) is 4.53. The quantitative estimate of drug-likeness (QED) is 0.750. The molecular weight excluding hydrogens is 432 g/mol. The molecule has 1 unspecified atom stereocenters. The maximum Gasteiger partial charge on any atom is 0.243 e. The first-order valence-electron chi connectivity index (χ1n) is 8.65. The first kappa shape index (κ1) is 19.9. The standard InChI is InChI=1S/C19H21BrN2O4S/c1-26-18-11-10-14(20)13-16(18)21-19(23)17-9-5-6-12-22(17)27(24,25)15-7-3-2-4-8-15/h2-4,7-8,10-11,13,17H,5-6,9,12H2,1H3,(H,21,23). The second kappa shape index (κ2) is 8.41. The molecule has 0 saturated carbocycles. The van der Waals surface area contributed by atoms with E-state index in [9.17, 15) is 13.2 Å². The summed E-state index contributed by atoms with van der Waals surface area (Å²) in [5.74, 6) is 0.158. The minimum atomic E-state index is -3.74. The minimum Gasteiger partial charge on any atom is -0.495 e. The molecule has 1 heterocycles. The van der Waals surface area contributed by atoms with Gasteiger partial charge in [-0.15, -0.1) is 0 Å². The smallest absolute Gasteiger partial charge is 0.243 e. The molecule has 0 aromatic heterocycles. The molecule has 2 aromatic rings. The van der Waals surface area contributed by atoms with Crippen LogP contribution in [-0.2, 0) is 14.8 Å². The molecule has 1 atom stereocenters. The Labute approximate surface area is 167 Å². The van der Waals surface area contributed by atoms with E-state index >= 15 is 0 Å². The zero-order valence-electron chi connectivity index (χ0n) is 14.9. The van der Waals surface area contributed by atoms with Crippen LogP contribution in [0.4, 0.5) is 5.69 Å². The van der Waals surface area contributed by atoms with Gasteiger partial charge in [-0.05, 0) is 43.2 Å². The Morgan fingerprint density at radius 1 is 1.19 bits per heavy atom. The van der Waals surface area contributed by atoms with Crippen LogP contribution in [0.2, 0.25) is 0 Å². The highest BCUT2D eigenvalue weighted by Crippen LogP contribution is 2.30. The zero-order chi connectivity index (χ0) is 19.4. The average molecular weight is 453 g/mol. The van der Waals surface area contributed by atoms with Crippen LogP contribution in [0.1, 0.15) is 19.3 Å². The number of sulfonamides is 1. The van der Waals surface area contributed by atoms with Gasteiger partial charge in [0.25, 0.3) is 0 Å². The first-order chi connectivity index (χ1) is 12.9. The van der Waals surface area contributed by atoms with Gasteiger partial charge in [0.1, 0.15) is 11.8 Å². The van der Waals surface area contributed by atoms with E-state index in [0.29, 0.717) is 24.4 Å². The molecule has 1 aliphatic heterocycles. The van der Waals surface area contributed by atoms with Crippen molar-refractivity contribution in [3.05, 3.63) is 53.0 Å². The van der Waals surface area contributed by atoms with Crippen molar-refractivity contribution in [2.75, 3.05) is 19.0 Å². The molecule has 1 amide bonds. The molecule has 1 saturated heterocycles. The molecule has 0 bridgehead atoms. The molecule has 8 heteroatoms. The van der Waals surface area contributed by atoms with Gasteiger partial charge in [-0.3, -0.25) is 4.79 Å². The van der Waals surface area contributed by atoms with Crippen LogP contribution in [0.5, 0.6) is 5.75 Å². The molecule has 6 nitrogen and oxygen atoms in total. The Morgan fingerprint density at radius 3 is 2.63 bits per heavy atom. The maximum absolute atomic E-state index is 13.0. The number of nitrogens with one attached hydrogen (secondary N) is 1. The number of nitrogens with zero attached hydrogens (tertiary/aromatic N) is 1. The van der Waals surface area contributed by atoms with Crippen molar-refractivity contribution in [3.8, 4) is 5.75 Å². The summed E-state index contributed by atoms with van der Waals surface area (Å²) in [6, 6.07) is 12.7. The summed E-state index contributed by atoms with van der Waals surface area (Å²) in [6.45, 7) is 0.324. The molecule has 3 rings (SSSR count). The van der Waals surface area contributed by atoms with Crippen molar-refractivity contribution in [3.63, 3.8) is 0 Å². The third kappa shape index (κ3) is 4.34. The van der Waals surface area contributed by atoms with Crippen LogP contribution < -0.4 is 10.1 Å². The molecular formula is C19H21BrN2O4S. The summed E-state index contributed by atoms with van der Waals surface area (Å²) in [6.07, 6.45) is 2.01. The summed E-state index contributed by atoms with van der Waals surface area (Å²) in [5, 5.41) is 2.83. The van der Waals surface area contributed by atoms with Gasteiger partial charge in [0.05, 0.1) is 17.7 Å². The van der Waals surface area contributed by atoms with Crippen LogP contribution in [0, 0.1) is 0 Å².